The van der Waals surface area contributed by atoms with E-state index in [0.29, 0.717) is 0 Å². The summed E-state index contributed by atoms with van der Waals surface area (Å²) in [5.74, 6) is 0.188. The largest absolute Gasteiger partial charge is 0.591 e. The average molecular weight is 248 g/mol. The molecule has 0 spiro atoms. The Morgan fingerprint density at radius 2 is 2.07 bits per heavy atom. The highest BCUT2D eigenvalue weighted by atomic mass is 35.5. The van der Waals surface area contributed by atoms with Gasteiger partial charge in [0, 0.05) is 0 Å². The molecule has 6 nitrogen and oxygen atoms in total. The summed E-state index contributed by atoms with van der Waals surface area (Å²) in [6, 6.07) is 0. The minimum atomic E-state index is -1.35. The maximum Gasteiger partial charge on any atom is 0.246 e. The molecule has 0 amide bonds. The molecule has 1 aromatic heterocycles. The van der Waals surface area contributed by atoms with E-state index in [1.165, 1.54) is 6.21 Å². The maximum atomic E-state index is 11.5. The summed E-state index contributed by atoms with van der Waals surface area (Å²) in [6.45, 7) is 5.46. The Kier molecular flexibility index (Phi) is 3.95. The van der Waals surface area contributed by atoms with Crippen molar-refractivity contribution in [2.24, 2.45) is 4.40 Å². The van der Waals surface area contributed by atoms with Crippen LogP contribution in [0.4, 0.5) is 0 Å². The number of rotatable bonds is 2. The smallest absolute Gasteiger partial charge is 0.246 e. The van der Waals surface area contributed by atoms with E-state index in [1.807, 2.05) is 20.8 Å². The second kappa shape index (κ2) is 4.82. The van der Waals surface area contributed by atoms with Gasteiger partial charge < -0.3 is 4.55 Å². The molecular weight excluding hydrogens is 238 g/mol. The molecule has 0 saturated heterocycles. The Morgan fingerprint density at radius 1 is 1.40 bits per heavy atom. The van der Waals surface area contributed by atoms with Crippen LogP contribution in [0, 0.1) is 0 Å². The van der Waals surface area contributed by atoms with Gasteiger partial charge in [-0.3, -0.25) is 0 Å². The van der Waals surface area contributed by atoms with Crippen LogP contribution in [0.3, 0.4) is 0 Å². The van der Waals surface area contributed by atoms with Gasteiger partial charge in [-0.25, -0.2) is 0 Å². The maximum absolute atomic E-state index is 11.5. The molecule has 1 aromatic rings. The van der Waals surface area contributed by atoms with Gasteiger partial charge in [-0.1, -0.05) is 9.50 Å². The van der Waals surface area contributed by atoms with E-state index in [9.17, 15) is 4.55 Å². The van der Waals surface area contributed by atoms with Gasteiger partial charge in [-0.2, -0.15) is 4.98 Å². The van der Waals surface area contributed by atoms with Gasteiger partial charge >= 0.3 is 0 Å². The molecule has 0 N–H and O–H groups in total. The summed E-state index contributed by atoms with van der Waals surface area (Å²) in [5, 5.41) is 10.2. The zero-order valence-electron chi connectivity index (χ0n) is 8.51. The zero-order valence-corrected chi connectivity index (χ0v) is 10.1. The lowest BCUT2D eigenvalue weighted by Gasteiger charge is -2.17. The van der Waals surface area contributed by atoms with E-state index < -0.39 is 16.1 Å². The quantitative estimate of drug-likeness (QED) is 0.570. The number of halogens is 1. The fourth-order valence-corrected chi connectivity index (χ4v) is 1.18. The molecule has 0 aliphatic heterocycles. The molecule has 1 unspecified atom stereocenters. The van der Waals surface area contributed by atoms with Gasteiger partial charge in [-0.15, -0.1) is 5.10 Å². The van der Waals surface area contributed by atoms with Crippen molar-refractivity contribution in [2.75, 3.05) is 0 Å². The number of nitrogens with zero attached hydrogens (tertiary/aromatic N) is 5. The topological polar surface area (TPSA) is 87.0 Å². The SMILES string of the molecule is CC(C)(C)[S+]([O-])N=Cc1nnnc(Cl)n1. The monoisotopic (exact) mass is 247 g/mol. The Labute approximate surface area is 95.5 Å². The van der Waals surface area contributed by atoms with E-state index in [0.717, 1.165) is 0 Å². The van der Waals surface area contributed by atoms with Crippen molar-refractivity contribution in [3.8, 4) is 0 Å². The van der Waals surface area contributed by atoms with Crippen LogP contribution in [0.1, 0.15) is 26.6 Å². The normalized spacial score (nSPS) is 14.5. The molecule has 8 heteroatoms. The summed E-state index contributed by atoms with van der Waals surface area (Å²) in [4.78, 5) is 3.72. The second-order valence-corrected chi connectivity index (χ2v) is 5.90. The summed E-state index contributed by atoms with van der Waals surface area (Å²) in [7, 11) is 0. The molecule has 82 valence electrons. The minimum Gasteiger partial charge on any atom is -0.591 e. The number of hydrogen-bond acceptors (Lipinski definition) is 6. The molecular formula is C7H10ClN5OS. The molecule has 0 saturated carbocycles. The van der Waals surface area contributed by atoms with Crippen molar-refractivity contribution in [3.63, 3.8) is 0 Å². The molecule has 0 aliphatic carbocycles. The lowest BCUT2D eigenvalue weighted by molar-refractivity contribution is 0.561. The van der Waals surface area contributed by atoms with Gasteiger partial charge in [0.2, 0.25) is 11.1 Å². The zero-order chi connectivity index (χ0) is 11.5. The molecule has 0 aromatic carbocycles. The first-order valence-electron chi connectivity index (χ1n) is 4.08. The lowest BCUT2D eigenvalue weighted by atomic mass is 10.3. The van der Waals surface area contributed by atoms with Gasteiger partial charge in [0.1, 0.15) is 22.3 Å². The number of hydrogen-bond donors (Lipinski definition) is 0. The Bertz CT molecular complexity index is 367. The Morgan fingerprint density at radius 3 is 2.60 bits per heavy atom. The summed E-state index contributed by atoms with van der Waals surface area (Å²) in [6.07, 6.45) is 1.27. The van der Waals surface area contributed by atoms with Crippen molar-refractivity contribution >= 4 is 29.2 Å². The van der Waals surface area contributed by atoms with Gasteiger partial charge in [0.15, 0.2) is 0 Å². The first-order valence-corrected chi connectivity index (χ1v) is 5.57. The predicted molar refractivity (Wildman–Crippen MR) is 58.1 cm³/mol. The lowest BCUT2D eigenvalue weighted by Crippen LogP contribution is -2.26. The van der Waals surface area contributed by atoms with Gasteiger partial charge in [-0.05, 0) is 37.6 Å². The van der Waals surface area contributed by atoms with Crippen LogP contribution < -0.4 is 0 Å². The van der Waals surface area contributed by atoms with Crippen LogP contribution >= 0.6 is 11.6 Å². The van der Waals surface area contributed by atoms with Gasteiger partial charge in [0.05, 0.1) is 0 Å². The van der Waals surface area contributed by atoms with Crippen molar-refractivity contribution in [1.29, 1.82) is 0 Å². The fourth-order valence-electron chi connectivity index (χ4n) is 0.552. The molecule has 0 fully saturated rings. The third kappa shape index (κ3) is 4.06. The third-order valence-corrected chi connectivity index (χ3v) is 2.77. The second-order valence-electron chi connectivity index (χ2n) is 3.62. The van der Waals surface area contributed by atoms with Crippen molar-refractivity contribution in [2.45, 2.75) is 25.5 Å². The first kappa shape index (κ1) is 12.3. The van der Waals surface area contributed by atoms with Crippen molar-refractivity contribution < 1.29 is 4.55 Å². The summed E-state index contributed by atoms with van der Waals surface area (Å²) >= 11 is 4.14. The van der Waals surface area contributed by atoms with Crippen molar-refractivity contribution in [3.05, 3.63) is 11.1 Å². The number of aromatic nitrogens is 4. The third-order valence-electron chi connectivity index (χ3n) is 1.27. The van der Waals surface area contributed by atoms with Crippen LogP contribution in [0.15, 0.2) is 4.40 Å². The summed E-state index contributed by atoms with van der Waals surface area (Å²) < 4.78 is 14.9. The highest BCUT2D eigenvalue weighted by molar-refractivity contribution is 7.91. The van der Waals surface area contributed by atoms with Crippen molar-refractivity contribution in [1.82, 2.24) is 20.4 Å². The van der Waals surface area contributed by atoms with Gasteiger partial charge in [0.25, 0.3) is 0 Å². The van der Waals surface area contributed by atoms with Crippen LogP contribution in [-0.4, -0.2) is 35.9 Å². The molecule has 0 aliphatic rings. The fraction of sp³-hybridized carbons (Fsp3) is 0.571. The first-order chi connectivity index (χ1) is 6.89. The summed E-state index contributed by atoms with van der Waals surface area (Å²) in [5.41, 5.74) is 0. The minimum absolute atomic E-state index is 0.0204. The molecule has 0 radical (unpaired) electrons. The average Bonchev–Trinajstić information content (AvgIpc) is 2.12. The Hall–Kier alpha value is -0.790. The van der Waals surface area contributed by atoms with E-state index >= 15 is 0 Å². The molecule has 0 bridgehead atoms. The standard InChI is InChI=1S/C7H10ClN5OS/c1-7(2,3)15(14)9-4-5-10-6(8)12-13-11-5/h4H,1-3H3. The van der Waals surface area contributed by atoms with E-state index in [4.69, 9.17) is 11.6 Å². The highest BCUT2D eigenvalue weighted by Gasteiger charge is 2.25. The van der Waals surface area contributed by atoms with Crippen LogP contribution in [0.2, 0.25) is 5.28 Å². The van der Waals surface area contributed by atoms with Crippen LogP contribution in [-0.2, 0) is 11.4 Å². The van der Waals surface area contributed by atoms with Crippen LogP contribution in [0.5, 0.6) is 0 Å². The van der Waals surface area contributed by atoms with Crippen LogP contribution in [0.25, 0.3) is 0 Å². The Balaban J connectivity index is 2.74. The van der Waals surface area contributed by atoms with E-state index in [2.05, 4.69) is 24.8 Å². The van der Waals surface area contributed by atoms with E-state index in [1.54, 1.807) is 0 Å². The van der Waals surface area contributed by atoms with E-state index in [-0.39, 0.29) is 11.1 Å². The highest BCUT2D eigenvalue weighted by Crippen LogP contribution is 2.16. The predicted octanol–water partition coefficient (Wildman–Crippen LogP) is 0.801. The molecule has 1 atom stereocenters. The molecule has 1 rings (SSSR count). The molecule has 1 heterocycles. The molecule has 15 heavy (non-hydrogen) atoms.